The fourth-order valence-corrected chi connectivity index (χ4v) is 3.94. The quantitative estimate of drug-likeness (QED) is 0.601. The van der Waals surface area contributed by atoms with Gasteiger partial charge in [0.15, 0.2) is 11.4 Å². The van der Waals surface area contributed by atoms with Crippen molar-refractivity contribution in [1.82, 2.24) is 14.6 Å². The van der Waals surface area contributed by atoms with E-state index >= 15 is 0 Å². The van der Waals surface area contributed by atoms with Crippen LogP contribution in [0.3, 0.4) is 0 Å². The first-order valence-electron chi connectivity index (χ1n) is 10.2. The highest BCUT2D eigenvalue weighted by Crippen LogP contribution is 2.35. The number of benzene rings is 1. The molecular weight excluding hydrogens is 418 g/mol. The summed E-state index contributed by atoms with van der Waals surface area (Å²) in [6.45, 7) is 7.62. The van der Waals surface area contributed by atoms with Crippen LogP contribution >= 0.6 is 11.6 Å². The molecule has 1 aromatic carbocycles. The average Bonchev–Trinajstić information content (AvgIpc) is 3.16. The molecule has 2 aromatic heterocycles. The molecule has 8 nitrogen and oxygen atoms in total. The summed E-state index contributed by atoms with van der Waals surface area (Å²) in [7, 11) is 1.61. The van der Waals surface area contributed by atoms with Gasteiger partial charge >= 0.3 is 0 Å². The van der Waals surface area contributed by atoms with Crippen molar-refractivity contribution >= 4 is 28.9 Å². The number of aliphatic hydroxyl groups is 1. The Bertz CT molecular complexity index is 1090. The number of anilines is 2. The van der Waals surface area contributed by atoms with Crippen molar-refractivity contribution < 1.29 is 14.6 Å². The number of hydrogen-bond acceptors (Lipinski definition) is 7. The Morgan fingerprint density at radius 2 is 2.10 bits per heavy atom. The molecule has 1 atom stereocenters. The minimum absolute atomic E-state index is 0.0345. The lowest BCUT2D eigenvalue weighted by molar-refractivity contribution is -0.0768. The summed E-state index contributed by atoms with van der Waals surface area (Å²) in [4.78, 5) is 6.73. The van der Waals surface area contributed by atoms with Crippen LogP contribution in [-0.4, -0.2) is 57.7 Å². The maximum Gasteiger partial charge on any atom is 0.243 e. The summed E-state index contributed by atoms with van der Waals surface area (Å²) in [6.07, 6.45) is 1.91. The zero-order valence-electron chi connectivity index (χ0n) is 18.2. The van der Waals surface area contributed by atoms with Crippen LogP contribution in [0.15, 0.2) is 36.5 Å². The van der Waals surface area contributed by atoms with E-state index < -0.39 is 5.54 Å². The first-order valence-corrected chi connectivity index (χ1v) is 10.6. The van der Waals surface area contributed by atoms with Gasteiger partial charge < -0.3 is 24.8 Å². The first-order chi connectivity index (χ1) is 14.7. The van der Waals surface area contributed by atoms with Crippen molar-refractivity contribution in [3.05, 3.63) is 47.1 Å². The van der Waals surface area contributed by atoms with Gasteiger partial charge in [0.05, 0.1) is 43.3 Å². The van der Waals surface area contributed by atoms with E-state index in [2.05, 4.69) is 20.3 Å². The second kappa shape index (κ2) is 8.18. The van der Waals surface area contributed by atoms with E-state index in [0.717, 1.165) is 11.3 Å². The lowest BCUT2D eigenvalue weighted by atomic mass is 9.94. The minimum Gasteiger partial charge on any atom is -0.493 e. The summed E-state index contributed by atoms with van der Waals surface area (Å²) in [5, 5.41) is 18.6. The molecule has 1 aliphatic heterocycles. The molecule has 3 heterocycles. The van der Waals surface area contributed by atoms with Crippen LogP contribution in [0.2, 0.25) is 5.02 Å². The lowest BCUT2D eigenvalue weighted by Gasteiger charge is -2.50. The van der Waals surface area contributed by atoms with Gasteiger partial charge in [-0.2, -0.15) is 4.98 Å². The number of hydrogen-bond donors (Lipinski definition) is 2. The summed E-state index contributed by atoms with van der Waals surface area (Å²) < 4.78 is 13.3. The zero-order chi connectivity index (χ0) is 22.2. The number of methoxy groups -OCH3 is 1. The monoisotopic (exact) mass is 445 g/mol. The van der Waals surface area contributed by atoms with Crippen molar-refractivity contribution in [1.29, 1.82) is 0 Å². The minimum atomic E-state index is -0.553. The lowest BCUT2D eigenvalue weighted by Crippen LogP contribution is -2.63. The standard InChI is InChI=1S/C22H28ClN5O3/c1-21(2)12-27(22(3,13-29)14-31-21)17-9-18(30-4)19-25-20(26-28(19)11-17)24-10-15-6-5-7-16(23)8-15/h5-9,11,29H,10,12-14H2,1-4H3,(H,24,26). The third kappa shape index (κ3) is 4.42. The number of aromatic nitrogens is 3. The maximum atomic E-state index is 10.1. The Kier molecular flexibility index (Phi) is 5.72. The topological polar surface area (TPSA) is 84.2 Å². The van der Waals surface area contributed by atoms with E-state index in [1.165, 1.54) is 0 Å². The van der Waals surface area contributed by atoms with Crippen LogP contribution < -0.4 is 15.0 Å². The smallest absolute Gasteiger partial charge is 0.243 e. The van der Waals surface area contributed by atoms with E-state index in [-0.39, 0.29) is 12.2 Å². The predicted octanol–water partition coefficient (Wildman–Crippen LogP) is 3.37. The van der Waals surface area contributed by atoms with Crippen molar-refractivity contribution in [3.8, 4) is 5.75 Å². The molecule has 1 saturated heterocycles. The van der Waals surface area contributed by atoms with Gasteiger partial charge in [-0.1, -0.05) is 23.7 Å². The third-order valence-corrected chi connectivity index (χ3v) is 5.80. The van der Waals surface area contributed by atoms with Crippen LogP contribution in [0.4, 0.5) is 11.6 Å². The first kappa shape index (κ1) is 21.7. The second-order valence-corrected chi connectivity index (χ2v) is 9.18. The molecule has 2 N–H and O–H groups in total. The van der Waals surface area contributed by atoms with Crippen LogP contribution in [0.1, 0.15) is 26.3 Å². The second-order valence-electron chi connectivity index (χ2n) is 8.74. The highest BCUT2D eigenvalue weighted by Gasteiger charge is 2.42. The Labute approximate surface area is 186 Å². The number of halogens is 1. The van der Waals surface area contributed by atoms with Gasteiger partial charge in [0.1, 0.15) is 0 Å². The number of ether oxygens (including phenoxy) is 2. The van der Waals surface area contributed by atoms with Gasteiger partial charge in [-0.05, 0) is 38.5 Å². The van der Waals surface area contributed by atoms with E-state index in [0.29, 0.717) is 42.1 Å². The van der Waals surface area contributed by atoms with Crippen LogP contribution in [0, 0.1) is 0 Å². The van der Waals surface area contributed by atoms with Gasteiger partial charge in [0.25, 0.3) is 0 Å². The molecule has 3 aromatic rings. The molecule has 0 radical (unpaired) electrons. The molecule has 0 bridgehead atoms. The number of morpholine rings is 1. The highest BCUT2D eigenvalue weighted by molar-refractivity contribution is 6.30. The number of aliphatic hydroxyl groups excluding tert-OH is 1. The summed E-state index contributed by atoms with van der Waals surface area (Å²) >= 11 is 6.07. The van der Waals surface area contributed by atoms with E-state index in [1.807, 2.05) is 57.3 Å². The number of nitrogens with one attached hydrogen (secondary N) is 1. The number of rotatable bonds is 6. The SMILES string of the molecule is COc1cc(N2CC(C)(C)OCC2(C)CO)cn2nc(NCc3cccc(Cl)c3)nc12. The summed E-state index contributed by atoms with van der Waals surface area (Å²) in [5.74, 6) is 1.09. The normalized spacial score (nSPS) is 20.8. The van der Waals surface area contributed by atoms with E-state index in [1.54, 1.807) is 11.6 Å². The molecule has 166 valence electrons. The highest BCUT2D eigenvalue weighted by atomic mass is 35.5. The molecule has 1 aliphatic rings. The van der Waals surface area contributed by atoms with Crippen molar-refractivity contribution in [2.24, 2.45) is 0 Å². The van der Waals surface area contributed by atoms with Gasteiger partial charge in [-0.3, -0.25) is 0 Å². The van der Waals surface area contributed by atoms with Gasteiger partial charge in [-0.25, -0.2) is 4.52 Å². The number of nitrogens with zero attached hydrogens (tertiary/aromatic N) is 4. The molecule has 0 spiro atoms. The van der Waals surface area contributed by atoms with Crippen LogP contribution in [-0.2, 0) is 11.3 Å². The Morgan fingerprint density at radius 1 is 1.29 bits per heavy atom. The molecule has 1 fully saturated rings. The largest absolute Gasteiger partial charge is 0.493 e. The third-order valence-electron chi connectivity index (χ3n) is 5.56. The number of pyridine rings is 1. The Morgan fingerprint density at radius 3 is 2.81 bits per heavy atom. The predicted molar refractivity (Wildman–Crippen MR) is 121 cm³/mol. The molecule has 9 heteroatoms. The van der Waals surface area contributed by atoms with Crippen molar-refractivity contribution in [2.45, 2.75) is 38.5 Å². The van der Waals surface area contributed by atoms with E-state index in [4.69, 9.17) is 21.1 Å². The molecular formula is C22H28ClN5O3. The summed E-state index contributed by atoms with van der Waals surface area (Å²) in [6, 6.07) is 9.57. The van der Waals surface area contributed by atoms with Gasteiger partial charge in [-0.15, -0.1) is 5.10 Å². The Balaban J connectivity index is 1.66. The molecule has 4 rings (SSSR count). The molecule has 0 saturated carbocycles. The number of fused-ring (bicyclic) bond motifs is 1. The van der Waals surface area contributed by atoms with E-state index in [9.17, 15) is 5.11 Å². The molecule has 0 amide bonds. The average molecular weight is 446 g/mol. The summed E-state index contributed by atoms with van der Waals surface area (Å²) in [5.41, 5.74) is 1.63. The van der Waals surface area contributed by atoms with Crippen molar-refractivity contribution in [3.63, 3.8) is 0 Å². The van der Waals surface area contributed by atoms with Crippen LogP contribution in [0.25, 0.3) is 5.65 Å². The fraction of sp³-hybridized carbons (Fsp3) is 0.455. The van der Waals surface area contributed by atoms with Gasteiger partial charge in [0.2, 0.25) is 5.95 Å². The van der Waals surface area contributed by atoms with Gasteiger partial charge in [0, 0.05) is 24.2 Å². The van der Waals surface area contributed by atoms with Crippen molar-refractivity contribution in [2.75, 3.05) is 37.1 Å². The molecule has 0 aliphatic carbocycles. The maximum absolute atomic E-state index is 10.1. The fourth-order valence-electron chi connectivity index (χ4n) is 3.72. The Hall–Kier alpha value is -2.55. The van der Waals surface area contributed by atoms with Crippen LogP contribution in [0.5, 0.6) is 5.75 Å². The molecule has 31 heavy (non-hydrogen) atoms. The zero-order valence-corrected chi connectivity index (χ0v) is 19.0. The molecule has 1 unspecified atom stereocenters.